The fourth-order valence-electron chi connectivity index (χ4n) is 1.78. The Kier molecular flexibility index (Phi) is 6.52. The van der Waals surface area contributed by atoms with Gasteiger partial charge in [-0.25, -0.2) is 9.59 Å². The number of urea groups is 1. The molecule has 1 aromatic rings. The highest BCUT2D eigenvalue weighted by Crippen LogP contribution is 2.12. The molecule has 0 aliphatic heterocycles. The van der Waals surface area contributed by atoms with E-state index in [1.165, 1.54) is 7.11 Å². The van der Waals surface area contributed by atoms with Gasteiger partial charge in [-0.05, 0) is 23.6 Å². The van der Waals surface area contributed by atoms with E-state index in [4.69, 9.17) is 4.74 Å². The average Bonchev–Trinajstić information content (AvgIpc) is 2.49. The number of carbonyl (C=O) groups excluding carboxylic acids is 2. The normalized spacial score (nSPS) is 11.7. The SMILES string of the molecule is COC(=O)[C@H](NC(=O)NCc1cccc(OC)c1)C(C)C. The lowest BCUT2D eigenvalue weighted by Crippen LogP contribution is -2.48. The van der Waals surface area contributed by atoms with Gasteiger partial charge in [0.1, 0.15) is 11.8 Å². The third kappa shape index (κ3) is 5.33. The highest BCUT2D eigenvalue weighted by atomic mass is 16.5. The van der Waals surface area contributed by atoms with Gasteiger partial charge in [-0.1, -0.05) is 26.0 Å². The van der Waals surface area contributed by atoms with Gasteiger partial charge in [0.25, 0.3) is 0 Å². The van der Waals surface area contributed by atoms with E-state index in [2.05, 4.69) is 15.4 Å². The van der Waals surface area contributed by atoms with Gasteiger partial charge in [0.15, 0.2) is 0 Å². The Morgan fingerprint density at radius 2 is 1.95 bits per heavy atom. The Balaban J connectivity index is 2.54. The lowest BCUT2D eigenvalue weighted by atomic mass is 10.1. The summed E-state index contributed by atoms with van der Waals surface area (Å²) in [6.07, 6.45) is 0. The maximum absolute atomic E-state index is 11.8. The molecular weight excluding hydrogens is 272 g/mol. The first-order valence-corrected chi connectivity index (χ1v) is 6.73. The zero-order valence-electron chi connectivity index (χ0n) is 12.8. The molecule has 0 aliphatic carbocycles. The van der Waals surface area contributed by atoms with E-state index < -0.39 is 18.0 Å². The molecule has 0 bridgehead atoms. The van der Waals surface area contributed by atoms with E-state index >= 15 is 0 Å². The number of hydrogen-bond acceptors (Lipinski definition) is 4. The summed E-state index contributed by atoms with van der Waals surface area (Å²) in [5.74, 6) is 0.214. The van der Waals surface area contributed by atoms with Gasteiger partial charge >= 0.3 is 12.0 Å². The topological polar surface area (TPSA) is 76.7 Å². The van der Waals surface area contributed by atoms with E-state index in [1.807, 2.05) is 38.1 Å². The molecule has 1 aromatic carbocycles. The monoisotopic (exact) mass is 294 g/mol. The van der Waals surface area contributed by atoms with E-state index in [0.717, 1.165) is 11.3 Å². The number of benzene rings is 1. The van der Waals surface area contributed by atoms with Crippen molar-refractivity contribution in [1.82, 2.24) is 10.6 Å². The third-order valence-electron chi connectivity index (χ3n) is 3.00. The van der Waals surface area contributed by atoms with Gasteiger partial charge in [-0.15, -0.1) is 0 Å². The van der Waals surface area contributed by atoms with Crippen LogP contribution in [-0.4, -0.2) is 32.3 Å². The third-order valence-corrected chi connectivity index (χ3v) is 3.00. The Labute approximate surface area is 124 Å². The minimum atomic E-state index is -0.666. The standard InChI is InChI=1S/C15H22N2O4/c1-10(2)13(14(18)21-4)17-15(19)16-9-11-6-5-7-12(8-11)20-3/h5-8,10,13H,9H2,1-4H3,(H2,16,17,19)/t13-/m1/s1. The second kappa shape index (κ2) is 8.14. The van der Waals surface area contributed by atoms with Crippen LogP contribution in [0, 0.1) is 5.92 Å². The molecule has 1 rings (SSSR count). The predicted molar refractivity (Wildman–Crippen MR) is 79.0 cm³/mol. The van der Waals surface area contributed by atoms with Crippen molar-refractivity contribution >= 4 is 12.0 Å². The predicted octanol–water partition coefficient (Wildman–Crippen LogP) is 1.69. The van der Waals surface area contributed by atoms with Crippen LogP contribution in [0.25, 0.3) is 0 Å². The smallest absolute Gasteiger partial charge is 0.328 e. The lowest BCUT2D eigenvalue weighted by molar-refractivity contribution is -0.143. The van der Waals surface area contributed by atoms with Gasteiger partial charge in [0.2, 0.25) is 0 Å². The van der Waals surface area contributed by atoms with Crippen molar-refractivity contribution in [2.24, 2.45) is 5.92 Å². The highest BCUT2D eigenvalue weighted by molar-refractivity contribution is 5.83. The first-order valence-electron chi connectivity index (χ1n) is 6.73. The average molecular weight is 294 g/mol. The van der Waals surface area contributed by atoms with Crippen LogP contribution in [0.3, 0.4) is 0 Å². The van der Waals surface area contributed by atoms with E-state index in [9.17, 15) is 9.59 Å². The molecule has 0 saturated heterocycles. The molecule has 0 aromatic heterocycles. The Morgan fingerprint density at radius 3 is 2.52 bits per heavy atom. The number of methoxy groups -OCH3 is 2. The number of hydrogen-bond donors (Lipinski definition) is 2. The molecule has 2 amide bonds. The first-order chi connectivity index (χ1) is 9.97. The highest BCUT2D eigenvalue weighted by Gasteiger charge is 2.24. The molecule has 0 saturated carbocycles. The largest absolute Gasteiger partial charge is 0.497 e. The van der Waals surface area contributed by atoms with Crippen LogP contribution in [0.4, 0.5) is 4.79 Å². The summed E-state index contributed by atoms with van der Waals surface area (Å²) in [7, 11) is 2.89. The van der Waals surface area contributed by atoms with Crippen LogP contribution in [0.5, 0.6) is 5.75 Å². The quantitative estimate of drug-likeness (QED) is 0.783. The molecule has 0 aliphatic rings. The van der Waals surface area contributed by atoms with Crippen molar-refractivity contribution in [2.45, 2.75) is 26.4 Å². The molecule has 0 radical (unpaired) electrons. The molecule has 6 nitrogen and oxygen atoms in total. The van der Waals surface area contributed by atoms with Crippen LogP contribution in [0.2, 0.25) is 0 Å². The Bertz CT molecular complexity index is 488. The van der Waals surface area contributed by atoms with E-state index in [-0.39, 0.29) is 5.92 Å². The minimum absolute atomic E-state index is 0.0555. The van der Waals surface area contributed by atoms with Crippen molar-refractivity contribution in [3.63, 3.8) is 0 Å². The fraction of sp³-hybridized carbons (Fsp3) is 0.467. The zero-order chi connectivity index (χ0) is 15.8. The van der Waals surface area contributed by atoms with Gasteiger partial charge in [-0.2, -0.15) is 0 Å². The van der Waals surface area contributed by atoms with Crippen LogP contribution in [-0.2, 0) is 16.1 Å². The van der Waals surface area contributed by atoms with E-state index in [0.29, 0.717) is 6.54 Å². The minimum Gasteiger partial charge on any atom is -0.497 e. The summed E-state index contributed by atoms with van der Waals surface area (Å²) in [6, 6.07) is 6.31. The van der Waals surface area contributed by atoms with Gasteiger partial charge in [0, 0.05) is 6.54 Å². The van der Waals surface area contributed by atoms with Crippen LogP contribution < -0.4 is 15.4 Å². The van der Waals surface area contributed by atoms with Crippen molar-refractivity contribution in [3.8, 4) is 5.75 Å². The fourth-order valence-corrected chi connectivity index (χ4v) is 1.78. The van der Waals surface area contributed by atoms with Crippen molar-refractivity contribution < 1.29 is 19.1 Å². The first kappa shape index (κ1) is 16.8. The summed E-state index contributed by atoms with van der Waals surface area (Å²) in [5.41, 5.74) is 0.906. The molecule has 1 atom stereocenters. The zero-order valence-corrected chi connectivity index (χ0v) is 12.8. The summed E-state index contributed by atoms with van der Waals surface area (Å²) in [5, 5.41) is 5.31. The molecule has 21 heavy (non-hydrogen) atoms. The van der Waals surface area contributed by atoms with Crippen molar-refractivity contribution in [1.29, 1.82) is 0 Å². The van der Waals surface area contributed by atoms with Crippen molar-refractivity contribution in [3.05, 3.63) is 29.8 Å². The summed E-state index contributed by atoms with van der Waals surface area (Å²) in [6.45, 7) is 4.02. The molecule has 6 heteroatoms. The summed E-state index contributed by atoms with van der Waals surface area (Å²) in [4.78, 5) is 23.4. The van der Waals surface area contributed by atoms with Crippen LogP contribution in [0.15, 0.2) is 24.3 Å². The van der Waals surface area contributed by atoms with Crippen molar-refractivity contribution in [2.75, 3.05) is 14.2 Å². The number of rotatable bonds is 6. The molecular formula is C15H22N2O4. The Morgan fingerprint density at radius 1 is 1.24 bits per heavy atom. The second-order valence-corrected chi connectivity index (χ2v) is 4.92. The van der Waals surface area contributed by atoms with Crippen LogP contribution in [0.1, 0.15) is 19.4 Å². The molecule has 0 unspecified atom stereocenters. The summed E-state index contributed by atoms with van der Waals surface area (Å²) >= 11 is 0. The Hall–Kier alpha value is -2.24. The number of esters is 1. The van der Waals surface area contributed by atoms with E-state index in [1.54, 1.807) is 7.11 Å². The molecule has 0 spiro atoms. The summed E-state index contributed by atoms with van der Waals surface area (Å²) < 4.78 is 9.78. The number of ether oxygens (including phenoxy) is 2. The van der Waals surface area contributed by atoms with Crippen LogP contribution >= 0.6 is 0 Å². The molecule has 2 N–H and O–H groups in total. The van der Waals surface area contributed by atoms with Gasteiger partial charge < -0.3 is 20.1 Å². The number of carbonyl (C=O) groups is 2. The molecule has 0 heterocycles. The second-order valence-electron chi connectivity index (χ2n) is 4.92. The number of nitrogens with one attached hydrogen (secondary N) is 2. The maximum Gasteiger partial charge on any atom is 0.328 e. The van der Waals surface area contributed by atoms with Gasteiger partial charge in [-0.3, -0.25) is 0 Å². The molecule has 0 fully saturated rings. The lowest BCUT2D eigenvalue weighted by Gasteiger charge is -2.20. The molecule has 116 valence electrons. The maximum atomic E-state index is 11.8. The van der Waals surface area contributed by atoms with Gasteiger partial charge in [0.05, 0.1) is 14.2 Å². The number of amides is 2.